The number of fused-ring (bicyclic) bond motifs is 1. The van der Waals surface area contributed by atoms with Crippen molar-refractivity contribution in [2.24, 2.45) is 0 Å². The van der Waals surface area contributed by atoms with Gasteiger partial charge in [0.15, 0.2) is 11.5 Å². The third-order valence-electron chi connectivity index (χ3n) is 4.14. The van der Waals surface area contributed by atoms with Crippen LogP contribution in [0.4, 0.5) is 0 Å². The van der Waals surface area contributed by atoms with Gasteiger partial charge in [0.05, 0.1) is 19.7 Å². The van der Waals surface area contributed by atoms with Gasteiger partial charge < -0.3 is 19.8 Å². The van der Waals surface area contributed by atoms with Crippen LogP contribution in [0.1, 0.15) is 15.9 Å². The number of aromatic amines is 1. The Kier molecular flexibility index (Phi) is 5.22. The van der Waals surface area contributed by atoms with Crippen molar-refractivity contribution >= 4 is 16.8 Å². The predicted octanol–water partition coefficient (Wildman–Crippen LogP) is 2.52. The highest BCUT2D eigenvalue weighted by Gasteiger charge is 2.10. The molecule has 1 amide bonds. The molecule has 0 atom stereocenters. The summed E-state index contributed by atoms with van der Waals surface area (Å²) in [7, 11) is 3.11. The molecule has 0 aliphatic heterocycles. The van der Waals surface area contributed by atoms with E-state index in [4.69, 9.17) is 9.47 Å². The Morgan fingerprint density at radius 3 is 2.42 bits per heavy atom. The average Bonchev–Trinajstić information content (AvgIpc) is 2.68. The van der Waals surface area contributed by atoms with Crippen LogP contribution in [0.3, 0.4) is 0 Å². The van der Waals surface area contributed by atoms with Crippen molar-refractivity contribution in [1.82, 2.24) is 10.3 Å². The molecule has 0 aliphatic rings. The Balaban J connectivity index is 1.76. The molecule has 0 saturated heterocycles. The number of methoxy groups -OCH3 is 2. The molecule has 3 aromatic rings. The van der Waals surface area contributed by atoms with Crippen molar-refractivity contribution in [3.63, 3.8) is 0 Å². The van der Waals surface area contributed by atoms with Crippen LogP contribution in [-0.2, 0) is 6.42 Å². The Labute approximate surface area is 150 Å². The number of hydrogen-bond acceptors (Lipinski definition) is 4. The Morgan fingerprint density at radius 1 is 1.04 bits per heavy atom. The van der Waals surface area contributed by atoms with E-state index in [0.29, 0.717) is 41.1 Å². The number of hydrogen-bond donors (Lipinski definition) is 2. The van der Waals surface area contributed by atoms with Crippen LogP contribution in [0, 0.1) is 0 Å². The maximum atomic E-state index is 12.3. The van der Waals surface area contributed by atoms with Gasteiger partial charge in [-0.15, -0.1) is 0 Å². The zero-order chi connectivity index (χ0) is 18.5. The van der Waals surface area contributed by atoms with Crippen molar-refractivity contribution in [3.05, 3.63) is 70.0 Å². The van der Waals surface area contributed by atoms with E-state index in [9.17, 15) is 9.59 Å². The quantitative estimate of drug-likeness (QED) is 0.714. The molecule has 0 bridgehead atoms. The SMILES string of the molecule is COc1cc2cc(CCNC(=O)c3ccccc3)c(=O)[nH]c2cc1OC. The van der Waals surface area contributed by atoms with E-state index in [2.05, 4.69) is 10.3 Å². The van der Waals surface area contributed by atoms with Crippen LogP contribution < -0.4 is 20.3 Å². The van der Waals surface area contributed by atoms with E-state index >= 15 is 0 Å². The summed E-state index contributed by atoms with van der Waals surface area (Å²) in [5.41, 5.74) is 1.68. The first-order chi connectivity index (χ1) is 12.6. The third kappa shape index (κ3) is 3.69. The normalized spacial score (nSPS) is 10.5. The number of carbonyl (C=O) groups is 1. The molecule has 0 radical (unpaired) electrons. The molecule has 0 aliphatic carbocycles. The van der Waals surface area contributed by atoms with Crippen molar-refractivity contribution in [2.75, 3.05) is 20.8 Å². The van der Waals surface area contributed by atoms with E-state index in [0.717, 1.165) is 5.39 Å². The fourth-order valence-corrected chi connectivity index (χ4v) is 2.77. The van der Waals surface area contributed by atoms with Gasteiger partial charge in [-0.3, -0.25) is 9.59 Å². The first kappa shape index (κ1) is 17.5. The molecule has 0 saturated carbocycles. The second kappa shape index (κ2) is 7.74. The lowest BCUT2D eigenvalue weighted by Crippen LogP contribution is -2.27. The van der Waals surface area contributed by atoms with E-state index in [-0.39, 0.29) is 11.5 Å². The number of ether oxygens (including phenoxy) is 2. The molecule has 0 spiro atoms. The number of nitrogens with one attached hydrogen (secondary N) is 2. The van der Waals surface area contributed by atoms with Crippen LogP contribution in [0.15, 0.2) is 53.3 Å². The summed E-state index contributed by atoms with van der Waals surface area (Å²) >= 11 is 0. The molecule has 3 rings (SSSR count). The van der Waals surface area contributed by atoms with Crippen LogP contribution in [0.25, 0.3) is 10.9 Å². The first-order valence-electron chi connectivity index (χ1n) is 8.23. The van der Waals surface area contributed by atoms with Crippen LogP contribution in [0.2, 0.25) is 0 Å². The largest absolute Gasteiger partial charge is 0.493 e. The van der Waals surface area contributed by atoms with Gasteiger partial charge >= 0.3 is 0 Å². The highest BCUT2D eigenvalue weighted by Crippen LogP contribution is 2.30. The molecule has 6 nitrogen and oxygen atoms in total. The number of rotatable bonds is 6. The Hall–Kier alpha value is -3.28. The zero-order valence-electron chi connectivity index (χ0n) is 14.7. The molecule has 0 fully saturated rings. The molecule has 1 heterocycles. The van der Waals surface area contributed by atoms with Crippen LogP contribution in [0.5, 0.6) is 11.5 Å². The van der Waals surface area contributed by atoms with Gasteiger partial charge in [-0.25, -0.2) is 0 Å². The highest BCUT2D eigenvalue weighted by molar-refractivity contribution is 5.94. The summed E-state index contributed by atoms with van der Waals surface area (Å²) in [4.78, 5) is 27.2. The minimum absolute atomic E-state index is 0.158. The van der Waals surface area contributed by atoms with E-state index in [1.165, 1.54) is 0 Å². The monoisotopic (exact) mass is 352 g/mol. The lowest BCUT2D eigenvalue weighted by Gasteiger charge is -2.10. The number of carbonyl (C=O) groups excluding carboxylic acids is 1. The van der Waals surface area contributed by atoms with Crippen molar-refractivity contribution in [3.8, 4) is 11.5 Å². The van der Waals surface area contributed by atoms with E-state index in [1.807, 2.05) is 30.3 Å². The van der Waals surface area contributed by atoms with E-state index < -0.39 is 0 Å². The van der Waals surface area contributed by atoms with Gasteiger partial charge in [-0.2, -0.15) is 0 Å². The lowest BCUT2D eigenvalue weighted by molar-refractivity contribution is 0.0954. The second-order valence-electron chi connectivity index (χ2n) is 5.79. The molecular weight excluding hydrogens is 332 g/mol. The molecule has 1 aromatic heterocycles. The van der Waals surface area contributed by atoms with Crippen molar-refractivity contribution in [2.45, 2.75) is 6.42 Å². The number of H-pyrrole nitrogens is 1. The molecular formula is C20H20N2O4. The minimum Gasteiger partial charge on any atom is -0.493 e. The molecule has 6 heteroatoms. The van der Waals surface area contributed by atoms with Gasteiger partial charge in [0.1, 0.15) is 0 Å². The predicted molar refractivity (Wildman–Crippen MR) is 100 cm³/mol. The van der Waals surface area contributed by atoms with Crippen LogP contribution >= 0.6 is 0 Å². The van der Waals surface area contributed by atoms with Crippen LogP contribution in [-0.4, -0.2) is 31.7 Å². The van der Waals surface area contributed by atoms with Crippen molar-refractivity contribution < 1.29 is 14.3 Å². The lowest BCUT2D eigenvalue weighted by atomic mass is 10.1. The van der Waals surface area contributed by atoms with Crippen molar-refractivity contribution in [1.29, 1.82) is 0 Å². The maximum absolute atomic E-state index is 12.3. The highest BCUT2D eigenvalue weighted by atomic mass is 16.5. The average molecular weight is 352 g/mol. The summed E-state index contributed by atoms with van der Waals surface area (Å²) in [5, 5.41) is 3.67. The van der Waals surface area contributed by atoms with Gasteiger partial charge in [0.2, 0.25) is 0 Å². The van der Waals surface area contributed by atoms with Gasteiger partial charge in [0, 0.05) is 29.1 Å². The third-order valence-corrected chi connectivity index (χ3v) is 4.14. The molecule has 134 valence electrons. The number of pyridine rings is 1. The van der Waals surface area contributed by atoms with Gasteiger partial charge in [-0.05, 0) is 30.7 Å². The summed E-state index contributed by atoms with van der Waals surface area (Å²) in [6.45, 7) is 0.371. The minimum atomic E-state index is -0.182. The smallest absolute Gasteiger partial charge is 0.251 e. The summed E-state index contributed by atoms with van der Waals surface area (Å²) in [5.74, 6) is 0.989. The molecule has 26 heavy (non-hydrogen) atoms. The fraction of sp³-hybridized carbons (Fsp3) is 0.200. The first-order valence-corrected chi connectivity index (χ1v) is 8.23. The number of aromatic nitrogens is 1. The van der Waals surface area contributed by atoms with E-state index in [1.54, 1.807) is 32.4 Å². The summed E-state index contributed by atoms with van der Waals surface area (Å²) < 4.78 is 10.6. The Morgan fingerprint density at radius 2 is 1.73 bits per heavy atom. The Bertz CT molecular complexity index is 980. The zero-order valence-corrected chi connectivity index (χ0v) is 14.7. The second-order valence-corrected chi connectivity index (χ2v) is 5.79. The maximum Gasteiger partial charge on any atom is 0.251 e. The molecule has 0 unspecified atom stereocenters. The molecule has 2 N–H and O–H groups in total. The van der Waals surface area contributed by atoms with Gasteiger partial charge in [-0.1, -0.05) is 18.2 Å². The summed E-state index contributed by atoms with van der Waals surface area (Å²) in [6.07, 6.45) is 0.429. The fourth-order valence-electron chi connectivity index (χ4n) is 2.77. The number of benzene rings is 2. The van der Waals surface area contributed by atoms with Gasteiger partial charge in [0.25, 0.3) is 11.5 Å². The topological polar surface area (TPSA) is 80.4 Å². The number of amides is 1. The summed E-state index contributed by atoms with van der Waals surface area (Å²) in [6, 6.07) is 14.3. The standard InChI is InChI=1S/C20H20N2O4/c1-25-17-11-15-10-14(20(24)22-16(15)12-18(17)26-2)8-9-21-19(23)13-6-4-3-5-7-13/h3-7,10-12H,8-9H2,1-2H3,(H,21,23)(H,22,24). The molecule has 2 aromatic carbocycles.